The molecule has 0 saturated carbocycles. The molecule has 0 fully saturated rings. The number of esters is 1. The number of carbonyl (C=O) groups is 2. The number of hydrogen-bond donors (Lipinski definition) is 2. The molecule has 0 radical (unpaired) electrons. The summed E-state index contributed by atoms with van der Waals surface area (Å²) in [5, 5.41) is 5.61. The summed E-state index contributed by atoms with van der Waals surface area (Å²) in [7, 11) is 0. The first-order chi connectivity index (χ1) is 17.5. The van der Waals surface area contributed by atoms with Gasteiger partial charge < -0.3 is 20.1 Å². The van der Waals surface area contributed by atoms with E-state index < -0.39 is 12.4 Å². The van der Waals surface area contributed by atoms with Crippen molar-refractivity contribution >= 4 is 29.3 Å². The van der Waals surface area contributed by atoms with Crippen LogP contribution in [0, 0.1) is 6.92 Å². The van der Waals surface area contributed by atoms with Gasteiger partial charge in [0.05, 0.1) is 11.6 Å². The van der Waals surface area contributed by atoms with Crippen LogP contribution < -0.4 is 15.4 Å². The van der Waals surface area contributed by atoms with Crippen molar-refractivity contribution in [2.24, 2.45) is 0 Å². The van der Waals surface area contributed by atoms with E-state index >= 15 is 0 Å². The number of urea groups is 1. The molecular formula is C27H26ClF3N2O4. The zero-order chi connectivity index (χ0) is 27.0. The van der Waals surface area contributed by atoms with Gasteiger partial charge in [-0.3, -0.25) is 4.79 Å². The Labute approximate surface area is 217 Å². The molecule has 37 heavy (non-hydrogen) atoms. The fourth-order valence-corrected chi connectivity index (χ4v) is 4.09. The second-order valence-electron chi connectivity index (χ2n) is 8.26. The van der Waals surface area contributed by atoms with E-state index in [1.165, 1.54) is 31.2 Å². The van der Waals surface area contributed by atoms with Crippen molar-refractivity contribution < 1.29 is 32.2 Å². The monoisotopic (exact) mass is 534 g/mol. The van der Waals surface area contributed by atoms with E-state index in [1.807, 2.05) is 24.3 Å². The number of rotatable bonds is 9. The molecule has 3 aromatic carbocycles. The lowest BCUT2D eigenvalue weighted by atomic mass is 9.99. The van der Waals surface area contributed by atoms with Crippen LogP contribution in [0.3, 0.4) is 0 Å². The van der Waals surface area contributed by atoms with E-state index in [0.717, 1.165) is 24.0 Å². The molecular weight excluding hydrogens is 509 g/mol. The van der Waals surface area contributed by atoms with Crippen LogP contribution in [0.25, 0.3) is 11.1 Å². The highest BCUT2D eigenvalue weighted by molar-refractivity contribution is 6.34. The molecule has 0 aliphatic heterocycles. The van der Waals surface area contributed by atoms with Crippen LogP contribution in [0.1, 0.15) is 30.0 Å². The standard InChI is InChI=1S/C27H26ClF3N2O4/c1-17-14-21(15-23(28)25(17)22-7-3-4-8-24(22)37-27(29,30)31)33-26(35)32-16-20-11-9-19(10-12-20)6-5-13-36-18(2)34/h3-4,7-12,14-15H,5-6,13,16H2,1-2H3,(H2,32,33,35). The largest absolute Gasteiger partial charge is 0.573 e. The predicted octanol–water partition coefficient (Wildman–Crippen LogP) is 7.03. The van der Waals surface area contributed by atoms with Crippen molar-refractivity contribution in [1.29, 1.82) is 0 Å². The number of halogens is 4. The molecule has 0 aromatic heterocycles. The Kier molecular flexibility index (Phi) is 9.41. The number of hydrogen-bond acceptors (Lipinski definition) is 4. The highest BCUT2D eigenvalue weighted by Crippen LogP contribution is 2.40. The van der Waals surface area contributed by atoms with E-state index in [9.17, 15) is 22.8 Å². The molecule has 0 spiro atoms. The molecule has 2 amide bonds. The maximum absolute atomic E-state index is 12.8. The first-order valence-electron chi connectivity index (χ1n) is 11.4. The summed E-state index contributed by atoms with van der Waals surface area (Å²) >= 11 is 6.41. The van der Waals surface area contributed by atoms with Gasteiger partial charge in [0.25, 0.3) is 0 Å². The van der Waals surface area contributed by atoms with Crippen LogP contribution in [0.5, 0.6) is 5.75 Å². The summed E-state index contributed by atoms with van der Waals surface area (Å²) in [5.41, 5.74) is 3.50. The van der Waals surface area contributed by atoms with Crippen molar-refractivity contribution in [2.75, 3.05) is 11.9 Å². The highest BCUT2D eigenvalue weighted by atomic mass is 35.5. The van der Waals surface area contributed by atoms with E-state index in [2.05, 4.69) is 15.4 Å². The minimum Gasteiger partial charge on any atom is -0.466 e. The number of anilines is 1. The predicted molar refractivity (Wildman–Crippen MR) is 136 cm³/mol. The Morgan fingerprint density at radius 3 is 2.32 bits per heavy atom. The molecule has 3 aromatic rings. The molecule has 3 rings (SSSR count). The van der Waals surface area contributed by atoms with Crippen molar-refractivity contribution in [1.82, 2.24) is 5.32 Å². The van der Waals surface area contributed by atoms with Gasteiger partial charge in [0.1, 0.15) is 5.75 Å². The third kappa shape index (κ3) is 8.71. The number of carbonyl (C=O) groups excluding carboxylic acids is 2. The van der Waals surface area contributed by atoms with Crippen LogP contribution in [-0.4, -0.2) is 25.0 Å². The quantitative estimate of drug-likeness (QED) is 0.228. The van der Waals surface area contributed by atoms with Crippen molar-refractivity contribution in [3.05, 3.63) is 82.4 Å². The number of aryl methyl sites for hydroxylation is 2. The molecule has 6 nitrogen and oxygen atoms in total. The van der Waals surface area contributed by atoms with E-state index in [-0.39, 0.29) is 28.8 Å². The Balaban J connectivity index is 1.60. The van der Waals surface area contributed by atoms with Crippen LogP contribution in [-0.2, 0) is 22.5 Å². The zero-order valence-electron chi connectivity index (χ0n) is 20.2. The number of ether oxygens (including phenoxy) is 2. The normalized spacial score (nSPS) is 11.1. The average Bonchev–Trinajstić information content (AvgIpc) is 2.81. The third-order valence-corrected chi connectivity index (χ3v) is 5.62. The van der Waals surface area contributed by atoms with Crippen molar-refractivity contribution in [3.63, 3.8) is 0 Å². The maximum atomic E-state index is 12.8. The summed E-state index contributed by atoms with van der Waals surface area (Å²) in [4.78, 5) is 23.2. The maximum Gasteiger partial charge on any atom is 0.573 e. The Hall–Kier alpha value is -3.72. The molecule has 0 aliphatic carbocycles. The van der Waals surface area contributed by atoms with Gasteiger partial charge in [-0.15, -0.1) is 13.2 Å². The van der Waals surface area contributed by atoms with Crippen LogP contribution in [0.2, 0.25) is 5.02 Å². The van der Waals surface area contributed by atoms with Gasteiger partial charge in [0, 0.05) is 30.3 Å². The van der Waals surface area contributed by atoms with Crippen LogP contribution in [0.15, 0.2) is 60.7 Å². The molecule has 10 heteroatoms. The van der Waals surface area contributed by atoms with Crippen LogP contribution in [0.4, 0.5) is 23.7 Å². The lowest BCUT2D eigenvalue weighted by Crippen LogP contribution is -2.28. The molecule has 0 saturated heterocycles. The highest BCUT2D eigenvalue weighted by Gasteiger charge is 2.32. The van der Waals surface area contributed by atoms with E-state index in [0.29, 0.717) is 23.4 Å². The Morgan fingerprint density at radius 2 is 1.68 bits per heavy atom. The number of amides is 2. The first kappa shape index (κ1) is 27.9. The topological polar surface area (TPSA) is 76.7 Å². The Morgan fingerprint density at radius 1 is 1.00 bits per heavy atom. The lowest BCUT2D eigenvalue weighted by Gasteiger charge is -2.17. The second-order valence-corrected chi connectivity index (χ2v) is 8.67. The van der Waals surface area contributed by atoms with Gasteiger partial charge in [-0.25, -0.2) is 4.79 Å². The molecule has 0 bridgehead atoms. The van der Waals surface area contributed by atoms with E-state index in [4.69, 9.17) is 16.3 Å². The van der Waals surface area contributed by atoms with Crippen molar-refractivity contribution in [2.45, 2.75) is 39.6 Å². The molecule has 0 aliphatic rings. The smallest absolute Gasteiger partial charge is 0.466 e. The SMILES string of the molecule is CC(=O)OCCCc1ccc(CNC(=O)Nc2cc(C)c(-c3ccccc3OC(F)(F)F)c(Cl)c2)cc1. The first-order valence-corrected chi connectivity index (χ1v) is 11.8. The minimum absolute atomic E-state index is 0.165. The summed E-state index contributed by atoms with van der Waals surface area (Å²) < 4.78 is 47.5. The van der Waals surface area contributed by atoms with Crippen molar-refractivity contribution in [3.8, 4) is 16.9 Å². The van der Waals surface area contributed by atoms with Crippen LogP contribution >= 0.6 is 11.6 Å². The molecule has 196 valence electrons. The molecule has 0 heterocycles. The van der Waals surface area contributed by atoms with Gasteiger partial charge in [-0.05, 0) is 54.7 Å². The average molecular weight is 535 g/mol. The minimum atomic E-state index is -4.85. The second kappa shape index (κ2) is 12.5. The molecule has 2 N–H and O–H groups in total. The number of alkyl halides is 3. The molecule has 0 unspecified atom stereocenters. The fraction of sp³-hybridized carbons (Fsp3) is 0.259. The lowest BCUT2D eigenvalue weighted by molar-refractivity contribution is -0.274. The number of benzene rings is 3. The van der Waals surface area contributed by atoms with Gasteiger partial charge in [0.15, 0.2) is 0 Å². The summed E-state index contributed by atoms with van der Waals surface area (Å²) in [5.74, 6) is -0.664. The zero-order valence-corrected chi connectivity index (χ0v) is 21.0. The van der Waals surface area contributed by atoms with Gasteiger partial charge >= 0.3 is 18.4 Å². The number of para-hydroxylation sites is 1. The van der Waals surface area contributed by atoms with Gasteiger partial charge in [0.2, 0.25) is 0 Å². The summed E-state index contributed by atoms with van der Waals surface area (Å²) in [6.45, 7) is 3.71. The third-order valence-electron chi connectivity index (χ3n) is 5.32. The summed E-state index contributed by atoms with van der Waals surface area (Å²) in [6, 6.07) is 16.1. The van der Waals surface area contributed by atoms with Gasteiger partial charge in [-0.2, -0.15) is 0 Å². The summed E-state index contributed by atoms with van der Waals surface area (Å²) in [6.07, 6.45) is -3.35. The Bertz CT molecular complexity index is 1220. The number of nitrogens with one attached hydrogen (secondary N) is 2. The van der Waals surface area contributed by atoms with Gasteiger partial charge in [-0.1, -0.05) is 54.1 Å². The fourth-order valence-electron chi connectivity index (χ4n) is 3.72. The molecule has 0 atom stereocenters. The van der Waals surface area contributed by atoms with E-state index in [1.54, 1.807) is 19.1 Å².